The largest absolute Gasteiger partial charge is 0.508 e. The average molecular weight is 406 g/mol. The second-order valence-electron chi connectivity index (χ2n) is 6.08. The summed E-state index contributed by atoms with van der Waals surface area (Å²) in [5, 5.41) is 22.7. The minimum absolute atomic E-state index is 0.0188. The van der Waals surface area contributed by atoms with Crippen LogP contribution in [0.5, 0.6) is 5.75 Å². The van der Waals surface area contributed by atoms with E-state index in [1.54, 1.807) is 24.3 Å². The molecule has 1 aromatic heterocycles. The van der Waals surface area contributed by atoms with Gasteiger partial charge >= 0.3 is 0 Å². The first-order valence-electron chi connectivity index (χ1n) is 8.50. The van der Waals surface area contributed by atoms with Crippen LogP contribution in [0.1, 0.15) is 5.69 Å². The Morgan fingerprint density at radius 1 is 1.10 bits per heavy atom. The van der Waals surface area contributed by atoms with Crippen molar-refractivity contribution in [2.24, 2.45) is 4.99 Å². The standard InChI is InChI=1S/C20H14N4O4S/c25-17-9-3-13(4-10-17)21-19-18(29-20(26)22-19)12-16-2-1-11-23(16)14-5-7-15(8-6-14)24(27)28/h1-12,25H,(H,21,22,26)/b18-12-. The molecular formula is C20H14N4O4S. The molecule has 0 spiro atoms. The van der Waals surface area contributed by atoms with Crippen molar-refractivity contribution in [3.63, 3.8) is 0 Å². The van der Waals surface area contributed by atoms with Crippen molar-refractivity contribution < 1.29 is 14.8 Å². The molecule has 4 rings (SSSR count). The quantitative estimate of drug-likeness (QED) is 0.485. The molecule has 8 nitrogen and oxygen atoms in total. The number of hydrogen-bond donors (Lipinski definition) is 2. The van der Waals surface area contributed by atoms with E-state index in [-0.39, 0.29) is 16.7 Å². The van der Waals surface area contributed by atoms with Gasteiger partial charge < -0.3 is 15.0 Å². The van der Waals surface area contributed by atoms with Gasteiger partial charge in [0.2, 0.25) is 0 Å². The van der Waals surface area contributed by atoms with Crippen molar-refractivity contribution in [2.75, 3.05) is 0 Å². The van der Waals surface area contributed by atoms with E-state index in [1.165, 1.54) is 24.3 Å². The van der Waals surface area contributed by atoms with Gasteiger partial charge in [0.05, 0.1) is 15.5 Å². The monoisotopic (exact) mass is 406 g/mol. The molecule has 0 radical (unpaired) electrons. The number of benzene rings is 2. The van der Waals surface area contributed by atoms with Crippen molar-refractivity contribution in [3.8, 4) is 11.4 Å². The summed E-state index contributed by atoms with van der Waals surface area (Å²) in [4.78, 5) is 27.4. The third-order valence-corrected chi connectivity index (χ3v) is 4.96. The Morgan fingerprint density at radius 3 is 2.52 bits per heavy atom. The maximum Gasteiger partial charge on any atom is 0.289 e. The minimum atomic E-state index is -0.444. The van der Waals surface area contributed by atoms with E-state index in [9.17, 15) is 20.0 Å². The predicted molar refractivity (Wildman–Crippen MR) is 112 cm³/mol. The van der Waals surface area contributed by atoms with Gasteiger partial charge in [-0.05, 0) is 66.4 Å². The molecule has 2 N–H and O–H groups in total. The number of nitrogens with one attached hydrogen (secondary N) is 1. The molecule has 1 aliphatic heterocycles. The van der Waals surface area contributed by atoms with Crippen molar-refractivity contribution in [2.45, 2.75) is 0 Å². The third-order valence-electron chi connectivity index (χ3n) is 4.15. The predicted octanol–water partition coefficient (Wildman–Crippen LogP) is 4.62. The van der Waals surface area contributed by atoms with Gasteiger partial charge in [-0.1, -0.05) is 0 Å². The van der Waals surface area contributed by atoms with E-state index in [2.05, 4.69) is 10.3 Å². The number of phenols is 1. The fraction of sp³-hybridized carbons (Fsp3) is 0. The Hall–Kier alpha value is -3.85. The van der Waals surface area contributed by atoms with Gasteiger partial charge in [0.25, 0.3) is 10.9 Å². The van der Waals surface area contributed by atoms with Crippen molar-refractivity contribution in [3.05, 3.63) is 87.6 Å². The zero-order chi connectivity index (χ0) is 20.4. The van der Waals surface area contributed by atoms with Crippen molar-refractivity contribution >= 4 is 40.3 Å². The highest BCUT2D eigenvalue weighted by atomic mass is 32.2. The van der Waals surface area contributed by atoms with Gasteiger partial charge in [-0.25, -0.2) is 4.99 Å². The lowest BCUT2D eigenvalue weighted by molar-refractivity contribution is -0.384. The van der Waals surface area contributed by atoms with Crippen LogP contribution in [0.25, 0.3) is 11.8 Å². The number of phenolic OH excluding ortho intramolecular Hbond substituents is 1. The number of hydrogen-bond acceptors (Lipinski definition) is 6. The maximum absolute atomic E-state index is 11.9. The number of rotatable bonds is 4. The number of carbonyl (C=O) groups excluding carboxylic acids is 1. The summed E-state index contributed by atoms with van der Waals surface area (Å²) in [7, 11) is 0. The first-order chi connectivity index (χ1) is 14.0. The molecule has 0 bridgehead atoms. The van der Waals surface area contributed by atoms with Crippen LogP contribution in [-0.4, -0.2) is 25.7 Å². The van der Waals surface area contributed by atoms with E-state index < -0.39 is 4.92 Å². The first-order valence-corrected chi connectivity index (χ1v) is 9.32. The molecular weight excluding hydrogens is 392 g/mol. The fourth-order valence-electron chi connectivity index (χ4n) is 2.79. The molecule has 0 saturated carbocycles. The van der Waals surface area contributed by atoms with Gasteiger partial charge in [0.1, 0.15) is 11.6 Å². The molecule has 144 valence electrons. The molecule has 0 aliphatic carbocycles. The number of nitrogens with zero attached hydrogens (tertiary/aromatic N) is 3. The molecule has 2 aromatic carbocycles. The fourth-order valence-corrected chi connectivity index (χ4v) is 3.51. The van der Waals surface area contributed by atoms with Crippen LogP contribution in [0, 0.1) is 10.1 Å². The number of aromatic nitrogens is 1. The average Bonchev–Trinajstić information content (AvgIpc) is 3.30. The molecule has 1 saturated heterocycles. The van der Waals surface area contributed by atoms with E-state index in [0.717, 1.165) is 23.1 Å². The maximum atomic E-state index is 11.9. The number of amides is 1. The number of non-ortho nitro benzene ring substituents is 1. The topological polar surface area (TPSA) is 110 Å². The summed E-state index contributed by atoms with van der Waals surface area (Å²) in [6, 6.07) is 16.3. The van der Waals surface area contributed by atoms with E-state index in [1.807, 2.05) is 29.0 Å². The highest BCUT2D eigenvalue weighted by Crippen LogP contribution is 2.30. The SMILES string of the molecule is O=C1NC(=Nc2ccc(O)cc2)/C(=C/c2cccn2-c2ccc([N+](=O)[O-])cc2)S1. The lowest BCUT2D eigenvalue weighted by Crippen LogP contribution is -2.18. The number of nitro benzene ring substituents is 1. The van der Waals surface area contributed by atoms with Gasteiger partial charge in [-0.2, -0.15) is 0 Å². The van der Waals surface area contributed by atoms with Crippen LogP contribution in [0.15, 0.2) is 76.8 Å². The Morgan fingerprint density at radius 2 is 1.83 bits per heavy atom. The molecule has 1 fully saturated rings. The van der Waals surface area contributed by atoms with E-state index in [0.29, 0.717) is 16.4 Å². The van der Waals surface area contributed by atoms with Crippen LogP contribution >= 0.6 is 11.8 Å². The highest BCUT2D eigenvalue weighted by molar-refractivity contribution is 8.18. The van der Waals surface area contributed by atoms with E-state index in [4.69, 9.17) is 0 Å². The number of aromatic hydroxyl groups is 1. The zero-order valence-corrected chi connectivity index (χ0v) is 15.7. The summed E-state index contributed by atoms with van der Waals surface area (Å²) in [6.07, 6.45) is 3.66. The van der Waals surface area contributed by atoms with Gasteiger partial charge in [0, 0.05) is 29.7 Å². The molecule has 2 heterocycles. The summed E-state index contributed by atoms with van der Waals surface area (Å²) >= 11 is 1.03. The van der Waals surface area contributed by atoms with Crippen LogP contribution in [0.4, 0.5) is 16.2 Å². The second kappa shape index (κ2) is 7.64. The van der Waals surface area contributed by atoms with E-state index >= 15 is 0 Å². The van der Waals surface area contributed by atoms with Crippen molar-refractivity contribution in [1.82, 2.24) is 9.88 Å². The number of thioether (sulfide) groups is 1. The van der Waals surface area contributed by atoms with Gasteiger partial charge in [0.15, 0.2) is 0 Å². The van der Waals surface area contributed by atoms with Crippen LogP contribution in [0.2, 0.25) is 0 Å². The highest BCUT2D eigenvalue weighted by Gasteiger charge is 2.24. The summed E-state index contributed by atoms with van der Waals surface area (Å²) in [5.41, 5.74) is 2.16. The lowest BCUT2D eigenvalue weighted by Gasteiger charge is -2.07. The molecule has 1 amide bonds. The number of nitro groups is 1. The Kier molecular flexibility index (Phi) is 4.88. The van der Waals surface area contributed by atoms with Crippen LogP contribution in [0.3, 0.4) is 0 Å². The molecule has 3 aromatic rings. The number of amidine groups is 1. The van der Waals surface area contributed by atoms with Crippen molar-refractivity contribution in [1.29, 1.82) is 0 Å². The third kappa shape index (κ3) is 4.04. The Balaban J connectivity index is 1.68. The van der Waals surface area contributed by atoms with Gasteiger partial charge in [-0.15, -0.1) is 0 Å². The molecule has 1 aliphatic rings. The molecule has 0 atom stereocenters. The molecule has 29 heavy (non-hydrogen) atoms. The molecule has 9 heteroatoms. The summed E-state index contributed by atoms with van der Waals surface area (Å²) in [6.45, 7) is 0. The van der Waals surface area contributed by atoms with Gasteiger partial charge in [-0.3, -0.25) is 14.9 Å². The summed E-state index contributed by atoms with van der Waals surface area (Å²) in [5.74, 6) is 0.553. The second-order valence-corrected chi connectivity index (χ2v) is 7.09. The lowest BCUT2D eigenvalue weighted by atomic mass is 10.2. The minimum Gasteiger partial charge on any atom is -0.508 e. The summed E-state index contributed by atoms with van der Waals surface area (Å²) < 4.78 is 1.86. The number of aliphatic imine (C=N–C) groups is 1. The first kappa shape index (κ1) is 18.5. The zero-order valence-electron chi connectivity index (χ0n) is 14.9. The Labute approximate surface area is 169 Å². The number of carbonyl (C=O) groups is 1. The molecule has 0 unspecified atom stereocenters. The van der Waals surface area contributed by atoms with Crippen LogP contribution < -0.4 is 5.32 Å². The smallest absolute Gasteiger partial charge is 0.289 e. The normalized spacial score (nSPS) is 16.3. The Bertz CT molecular complexity index is 1150. The van der Waals surface area contributed by atoms with Crippen LogP contribution in [-0.2, 0) is 0 Å².